The Bertz CT molecular complexity index is 501. The zero-order valence-corrected chi connectivity index (χ0v) is 9.90. The Kier molecular flexibility index (Phi) is 2.28. The van der Waals surface area contributed by atoms with E-state index in [0.717, 1.165) is 31.2 Å². The molecule has 0 saturated heterocycles. The van der Waals surface area contributed by atoms with Crippen LogP contribution >= 0.6 is 0 Å². The summed E-state index contributed by atoms with van der Waals surface area (Å²) in [5.41, 5.74) is 2.19. The van der Waals surface area contributed by atoms with Gasteiger partial charge >= 0.3 is 0 Å². The topological polar surface area (TPSA) is 37.4 Å². The molecule has 1 aromatic rings. The summed E-state index contributed by atoms with van der Waals surface area (Å²) in [6.07, 6.45) is 4.17. The molecule has 0 aromatic heterocycles. The molecule has 2 aliphatic rings. The minimum absolute atomic E-state index is 0.0967. The summed E-state index contributed by atoms with van der Waals surface area (Å²) in [6.45, 7) is 1.94. The van der Waals surface area contributed by atoms with Crippen molar-refractivity contribution in [1.29, 1.82) is 0 Å². The number of carbonyl (C=O) groups is 2. The van der Waals surface area contributed by atoms with Crippen molar-refractivity contribution in [2.24, 2.45) is 0 Å². The van der Waals surface area contributed by atoms with E-state index in [-0.39, 0.29) is 17.9 Å². The summed E-state index contributed by atoms with van der Waals surface area (Å²) in [4.78, 5) is 25.9. The second-order valence-corrected chi connectivity index (χ2v) is 4.97. The van der Waals surface area contributed by atoms with E-state index in [1.165, 1.54) is 4.90 Å². The first-order chi connectivity index (χ1) is 8.18. The van der Waals surface area contributed by atoms with E-state index in [1.807, 2.05) is 19.1 Å². The molecule has 0 bridgehead atoms. The van der Waals surface area contributed by atoms with E-state index >= 15 is 0 Å². The number of hydrogen-bond acceptors (Lipinski definition) is 2. The highest BCUT2D eigenvalue weighted by Crippen LogP contribution is 2.31. The third-order valence-corrected chi connectivity index (χ3v) is 3.76. The fourth-order valence-corrected chi connectivity index (χ4v) is 2.87. The average Bonchev–Trinajstić information content (AvgIpc) is 2.88. The number of imide groups is 1. The molecule has 17 heavy (non-hydrogen) atoms. The zero-order valence-electron chi connectivity index (χ0n) is 9.90. The number of fused-ring (bicyclic) bond motifs is 1. The Morgan fingerprint density at radius 2 is 1.71 bits per heavy atom. The third-order valence-electron chi connectivity index (χ3n) is 3.76. The third kappa shape index (κ3) is 1.49. The van der Waals surface area contributed by atoms with Gasteiger partial charge in [-0.15, -0.1) is 0 Å². The minimum atomic E-state index is -0.100. The van der Waals surface area contributed by atoms with Crippen LogP contribution in [0.15, 0.2) is 18.2 Å². The van der Waals surface area contributed by atoms with Crippen molar-refractivity contribution in [3.8, 4) is 0 Å². The van der Waals surface area contributed by atoms with Crippen LogP contribution in [0.2, 0.25) is 0 Å². The van der Waals surface area contributed by atoms with Crippen molar-refractivity contribution in [3.63, 3.8) is 0 Å². The molecule has 0 unspecified atom stereocenters. The van der Waals surface area contributed by atoms with Gasteiger partial charge < -0.3 is 0 Å². The van der Waals surface area contributed by atoms with Crippen LogP contribution < -0.4 is 0 Å². The van der Waals surface area contributed by atoms with Crippen molar-refractivity contribution < 1.29 is 9.59 Å². The number of carbonyl (C=O) groups excluding carboxylic acids is 2. The van der Waals surface area contributed by atoms with E-state index in [9.17, 15) is 9.59 Å². The van der Waals surface area contributed by atoms with Gasteiger partial charge in [-0.2, -0.15) is 0 Å². The normalized spacial score (nSPS) is 20.2. The van der Waals surface area contributed by atoms with Gasteiger partial charge in [0.25, 0.3) is 11.8 Å². The molecule has 1 aliphatic heterocycles. The lowest BCUT2D eigenvalue weighted by Crippen LogP contribution is -2.38. The Morgan fingerprint density at radius 1 is 1.06 bits per heavy atom. The lowest BCUT2D eigenvalue weighted by atomic mass is 10.1. The maximum Gasteiger partial charge on any atom is 0.261 e. The monoisotopic (exact) mass is 229 g/mol. The standard InChI is InChI=1S/C14H15NO2/c1-9-6-7-11-12(8-9)14(17)15(13(11)16)10-4-2-3-5-10/h6-8,10H,2-5H2,1H3. The van der Waals surface area contributed by atoms with Gasteiger partial charge in [-0.1, -0.05) is 24.5 Å². The Labute approximate surface area is 100 Å². The molecular weight excluding hydrogens is 214 g/mol. The van der Waals surface area contributed by atoms with Crippen LogP contribution in [0.5, 0.6) is 0 Å². The van der Waals surface area contributed by atoms with E-state index in [4.69, 9.17) is 0 Å². The Hall–Kier alpha value is -1.64. The predicted molar refractivity (Wildman–Crippen MR) is 63.9 cm³/mol. The maximum atomic E-state index is 12.3. The van der Waals surface area contributed by atoms with E-state index in [2.05, 4.69) is 0 Å². The summed E-state index contributed by atoms with van der Waals surface area (Å²) >= 11 is 0. The number of amides is 2. The second kappa shape index (κ2) is 3.69. The summed E-state index contributed by atoms with van der Waals surface area (Å²) < 4.78 is 0. The molecule has 2 amide bonds. The molecule has 1 aromatic carbocycles. The summed E-state index contributed by atoms with van der Waals surface area (Å²) in [6, 6.07) is 5.62. The van der Waals surface area contributed by atoms with Gasteiger partial charge in [0.05, 0.1) is 11.1 Å². The first-order valence-electron chi connectivity index (χ1n) is 6.17. The summed E-state index contributed by atoms with van der Waals surface area (Å²) in [7, 11) is 0. The highest BCUT2D eigenvalue weighted by molar-refractivity contribution is 6.21. The first kappa shape index (κ1) is 10.5. The zero-order chi connectivity index (χ0) is 12.0. The first-order valence-corrected chi connectivity index (χ1v) is 6.17. The van der Waals surface area contributed by atoms with Crippen LogP contribution in [-0.2, 0) is 0 Å². The molecule has 1 heterocycles. The number of rotatable bonds is 1. The molecular formula is C14H15NO2. The molecule has 88 valence electrons. The van der Waals surface area contributed by atoms with Crippen LogP contribution in [0.4, 0.5) is 0 Å². The second-order valence-electron chi connectivity index (χ2n) is 4.97. The SMILES string of the molecule is Cc1ccc2c(c1)C(=O)N(C1CCCC1)C2=O. The summed E-state index contributed by atoms with van der Waals surface area (Å²) in [5.74, 6) is -0.197. The number of nitrogens with zero attached hydrogens (tertiary/aromatic N) is 1. The van der Waals surface area contributed by atoms with Crippen LogP contribution in [-0.4, -0.2) is 22.8 Å². The van der Waals surface area contributed by atoms with Crippen LogP contribution in [0, 0.1) is 6.92 Å². The molecule has 0 spiro atoms. The lowest BCUT2D eigenvalue weighted by Gasteiger charge is -2.21. The lowest BCUT2D eigenvalue weighted by molar-refractivity contribution is 0.0588. The Balaban J connectivity index is 2.02. The van der Waals surface area contributed by atoms with Gasteiger partial charge in [-0.3, -0.25) is 14.5 Å². The fraction of sp³-hybridized carbons (Fsp3) is 0.429. The number of aryl methyl sites for hydroxylation is 1. The highest BCUT2D eigenvalue weighted by atomic mass is 16.2. The van der Waals surface area contributed by atoms with Crippen molar-refractivity contribution in [2.45, 2.75) is 38.6 Å². The largest absolute Gasteiger partial charge is 0.271 e. The molecule has 1 saturated carbocycles. The van der Waals surface area contributed by atoms with Crippen molar-refractivity contribution >= 4 is 11.8 Å². The summed E-state index contributed by atoms with van der Waals surface area (Å²) in [5, 5.41) is 0. The van der Waals surface area contributed by atoms with Crippen molar-refractivity contribution in [1.82, 2.24) is 4.90 Å². The number of benzene rings is 1. The maximum absolute atomic E-state index is 12.3. The van der Waals surface area contributed by atoms with E-state index in [0.29, 0.717) is 11.1 Å². The van der Waals surface area contributed by atoms with E-state index in [1.54, 1.807) is 6.07 Å². The minimum Gasteiger partial charge on any atom is -0.271 e. The molecule has 0 N–H and O–H groups in total. The van der Waals surface area contributed by atoms with Gasteiger partial charge in [0.15, 0.2) is 0 Å². The van der Waals surface area contributed by atoms with Crippen molar-refractivity contribution in [3.05, 3.63) is 34.9 Å². The molecule has 3 nitrogen and oxygen atoms in total. The predicted octanol–water partition coefficient (Wildman–Crippen LogP) is 2.53. The smallest absolute Gasteiger partial charge is 0.261 e. The molecule has 3 rings (SSSR count). The van der Waals surface area contributed by atoms with Crippen LogP contribution in [0.1, 0.15) is 52.0 Å². The van der Waals surface area contributed by atoms with Gasteiger partial charge in [-0.25, -0.2) is 0 Å². The van der Waals surface area contributed by atoms with Crippen LogP contribution in [0.3, 0.4) is 0 Å². The molecule has 3 heteroatoms. The highest BCUT2D eigenvalue weighted by Gasteiger charge is 2.40. The van der Waals surface area contributed by atoms with Crippen molar-refractivity contribution in [2.75, 3.05) is 0 Å². The van der Waals surface area contributed by atoms with Gasteiger partial charge in [0.2, 0.25) is 0 Å². The Morgan fingerprint density at radius 3 is 2.41 bits per heavy atom. The molecule has 1 fully saturated rings. The number of hydrogen-bond donors (Lipinski definition) is 0. The van der Waals surface area contributed by atoms with Crippen LogP contribution in [0.25, 0.3) is 0 Å². The fourth-order valence-electron chi connectivity index (χ4n) is 2.87. The van der Waals surface area contributed by atoms with Gasteiger partial charge in [-0.05, 0) is 31.9 Å². The van der Waals surface area contributed by atoms with E-state index < -0.39 is 0 Å². The van der Waals surface area contributed by atoms with Gasteiger partial charge in [0.1, 0.15) is 0 Å². The molecule has 1 aliphatic carbocycles. The quantitative estimate of drug-likeness (QED) is 0.694. The average molecular weight is 229 g/mol. The molecule has 0 radical (unpaired) electrons. The molecule has 0 atom stereocenters. The van der Waals surface area contributed by atoms with Gasteiger partial charge in [0, 0.05) is 6.04 Å².